The molecule has 18 heavy (non-hydrogen) atoms. The summed E-state index contributed by atoms with van der Waals surface area (Å²) in [7, 11) is 0. The molecule has 2 rings (SSSR count). The first-order valence-corrected chi connectivity index (χ1v) is 5.34. The number of hydrogen-bond acceptors (Lipinski definition) is 3. The summed E-state index contributed by atoms with van der Waals surface area (Å²) in [6, 6.07) is 5.54. The van der Waals surface area contributed by atoms with Crippen LogP contribution < -0.4 is 5.32 Å². The van der Waals surface area contributed by atoms with E-state index in [1.807, 2.05) is 6.07 Å². The molecule has 1 amide bonds. The minimum atomic E-state index is -1.30. The lowest BCUT2D eigenvalue weighted by Crippen LogP contribution is -2.43. The average Bonchev–Trinajstić information content (AvgIpc) is 2.82. The van der Waals surface area contributed by atoms with E-state index >= 15 is 0 Å². The maximum Gasteiger partial charge on any atom is 0.328 e. The second-order valence-electron chi connectivity index (χ2n) is 3.79. The molecule has 94 valence electrons. The molecule has 0 bridgehead atoms. The molecule has 1 atom stereocenters. The van der Waals surface area contributed by atoms with Crippen molar-refractivity contribution in [2.24, 2.45) is 0 Å². The van der Waals surface area contributed by atoms with Crippen LogP contribution >= 0.6 is 0 Å². The van der Waals surface area contributed by atoms with E-state index in [1.165, 1.54) is 0 Å². The number of carboxylic acids is 1. The van der Waals surface area contributed by atoms with Gasteiger partial charge in [0.2, 0.25) is 0 Å². The molecule has 0 saturated heterocycles. The van der Waals surface area contributed by atoms with Gasteiger partial charge in [-0.25, -0.2) is 4.79 Å². The SMILES string of the molecule is O=C(N[C@H](CO)C(=O)O)c1cccc2[nH]ccc12. The largest absolute Gasteiger partial charge is 0.480 e. The van der Waals surface area contributed by atoms with Gasteiger partial charge in [0.05, 0.1) is 6.61 Å². The maximum absolute atomic E-state index is 11.9. The van der Waals surface area contributed by atoms with Crippen molar-refractivity contribution in [2.45, 2.75) is 6.04 Å². The van der Waals surface area contributed by atoms with Gasteiger partial charge < -0.3 is 20.5 Å². The number of amides is 1. The summed E-state index contributed by atoms with van der Waals surface area (Å²) in [6.07, 6.45) is 1.70. The zero-order valence-corrected chi connectivity index (χ0v) is 9.38. The van der Waals surface area contributed by atoms with Gasteiger partial charge in [-0.05, 0) is 18.2 Å². The molecule has 0 aliphatic rings. The fourth-order valence-electron chi connectivity index (χ4n) is 1.70. The van der Waals surface area contributed by atoms with Gasteiger partial charge in [-0.2, -0.15) is 0 Å². The molecule has 2 aromatic rings. The number of H-pyrrole nitrogens is 1. The average molecular weight is 248 g/mol. The van der Waals surface area contributed by atoms with Crippen LogP contribution in [0, 0.1) is 0 Å². The molecule has 0 aliphatic heterocycles. The van der Waals surface area contributed by atoms with Gasteiger partial charge in [0.15, 0.2) is 6.04 Å². The number of benzene rings is 1. The van der Waals surface area contributed by atoms with Gasteiger partial charge in [0.25, 0.3) is 5.91 Å². The molecular formula is C12H12N2O4. The Morgan fingerprint density at radius 3 is 2.78 bits per heavy atom. The van der Waals surface area contributed by atoms with Gasteiger partial charge in [-0.3, -0.25) is 4.79 Å². The summed E-state index contributed by atoms with van der Waals surface area (Å²) in [4.78, 5) is 25.6. The third-order valence-corrected chi connectivity index (χ3v) is 2.63. The van der Waals surface area contributed by atoms with E-state index in [0.717, 1.165) is 5.52 Å². The Hall–Kier alpha value is -2.34. The van der Waals surface area contributed by atoms with Crippen LogP contribution in [-0.2, 0) is 4.79 Å². The Morgan fingerprint density at radius 2 is 2.11 bits per heavy atom. The molecule has 6 nitrogen and oxygen atoms in total. The summed E-state index contributed by atoms with van der Waals surface area (Å²) >= 11 is 0. The van der Waals surface area contributed by atoms with Gasteiger partial charge in [0.1, 0.15) is 0 Å². The zero-order chi connectivity index (χ0) is 13.1. The molecule has 1 aromatic carbocycles. The van der Waals surface area contributed by atoms with Crippen molar-refractivity contribution in [3.05, 3.63) is 36.0 Å². The molecule has 6 heteroatoms. The van der Waals surface area contributed by atoms with Gasteiger partial charge in [-0.15, -0.1) is 0 Å². The van der Waals surface area contributed by atoms with Crippen LogP contribution in [0.4, 0.5) is 0 Å². The molecule has 0 fully saturated rings. The van der Waals surface area contributed by atoms with Crippen LogP contribution in [0.2, 0.25) is 0 Å². The van der Waals surface area contributed by atoms with Crippen LogP contribution in [-0.4, -0.2) is 39.7 Å². The highest BCUT2D eigenvalue weighted by atomic mass is 16.4. The monoisotopic (exact) mass is 248 g/mol. The highest BCUT2D eigenvalue weighted by molar-refractivity contribution is 6.07. The van der Waals surface area contributed by atoms with Crippen molar-refractivity contribution >= 4 is 22.8 Å². The number of carbonyl (C=O) groups excluding carboxylic acids is 1. The van der Waals surface area contributed by atoms with Crippen LogP contribution in [0.3, 0.4) is 0 Å². The van der Waals surface area contributed by atoms with Crippen LogP contribution in [0.15, 0.2) is 30.5 Å². The highest BCUT2D eigenvalue weighted by Gasteiger charge is 2.20. The second-order valence-corrected chi connectivity index (χ2v) is 3.79. The highest BCUT2D eigenvalue weighted by Crippen LogP contribution is 2.17. The zero-order valence-electron chi connectivity index (χ0n) is 9.38. The first-order chi connectivity index (χ1) is 8.63. The Balaban J connectivity index is 2.28. The first kappa shape index (κ1) is 12.1. The smallest absolute Gasteiger partial charge is 0.328 e. The number of hydrogen-bond donors (Lipinski definition) is 4. The molecule has 1 aromatic heterocycles. The number of carbonyl (C=O) groups is 2. The molecular weight excluding hydrogens is 236 g/mol. The maximum atomic E-state index is 11.9. The van der Waals surface area contributed by atoms with Crippen molar-refractivity contribution in [1.82, 2.24) is 10.3 Å². The number of nitrogens with one attached hydrogen (secondary N) is 2. The van der Waals surface area contributed by atoms with Crippen molar-refractivity contribution in [3.63, 3.8) is 0 Å². The van der Waals surface area contributed by atoms with Crippen molar-refractivity contribution in [1.29, 1.82) is 0 Å². The van der Waals surface area contributed by atoms with Gasteiger partial charge >= 0.3 is 5.97 Å². The van der Waals surface area contributed by atoms with E-state index < -0.39 is 24.5 Å². The lowest BCUT2D eigenvalue weighted by molar-refractivity contribution is -0.140. The van der Waals surface area contributed by atoms with E-state index in [4.69, 9.17) is 10.2 Å². The van der Waals surface area contributed by atoms with E-state index in [1.54, 1.807) is 24.4 Å². The standard InChI is InChI=1S/C12H12N2O4/c15-6-10(12(17)18)14-11(16)8-2-1-3-9-7(8)4-5-13-9/h1-5,10,13,15H,6H2,(H,14,16)(H,17,18)/t10-/m1/s1. The Labute approximate surface area is 102 Å². The fourth-order valence-corrected chi connectivity index (χ4v) is 1.70. The summed E-state index contributed by atoms with van der Waals surface area (Å²) in [6.45, 7) is -0.649. The van der Waals surface area contributed by atoms with E-state index in [9.17, 15) is 9.59 Å². The van der Waals surface area contributed by atoms with Crippen LogP contribution in [0.1, 0.15) is 10.4 Å². The predicted molar refractivity (Wildman–Crippen MR) is 64.3 cm³/mol. The topological polar surface area (TPSA) is 102 Å². The van der Waals surface area contributed by atoms with E-state index in [-0.39, 0.29) is 0 Å². The summed E-state index contributed by atoms with van der Waals surface area (Å²) < 4.78 is 0. The number of aliphatic carboxylic acids is 1. The minimum absolute atomic E-state index is 0.369. The summed E-state index contributed by atoms with van der Waals surface area (Å²) in [5.41, 5.74) is 1.16. The number of aliphatic hydroxyl groups is 1. The number of aromatic amines is 1. The van der Waals surface area contributed by atoms with Crippen LogP contribution in [0.5, 0.6) is 0 Å². The number of aromatic nitrogens is 1. The third-order valence-electron chi connectivity index (χ3n) is 2.63. The summed E-state index contributed by atoms with van der Waals surface area (Å²) in [5.74, 6) is -1.80. The van der Waals surface area contributed by atoms with Crippen molar-refractivity contribution in [3.8, 4) is 0 Å². The van der Waals surface area contributed by atoms with E-state index in [0.29, 0.717) is 10.9 Å². The quantitative estimate of drug-likeness (QED) is 0.626. The molecule has 1 heterocycles. The summed E-state index contributed by atoms with van der Waals surface area (Å²) in [5, 5.41) is 20.6. The van der Waals surface area contributed by atoms with Crippen LogP contribution in [0.25, 0.3) is 10.9 Å². The number of fused-ring (bicyclic) bond motifs is 1. The second kappa shape index (κ2) is 4.89. The third kappa shape index (κ3) is 2.18. The van der Waals surface area contributed by atoms with Crippen molar-refractivity contribution < 1.29 is 19.8 Å². The molecule has 0 spiro atoms. The molecule has 0 radical (unpaired) electrons. The fraction of sp³-hybridized carbons (Fsp3) is 0.167. The molecule has 0 saturated carbocycles. The molecule has 0 aliphatic carbocycles. The van der Waals surface area contributed by atoms with E-state index in [2.05, 4.69) is 10.3 Å². The Bertz CT molecular complexity index is 591. The first-order valence-electron chi connectivity index (χ1n) is 5.34. The Morgan fingerprint density at radius 1 is 1.33 bits per heavy atom. The lowest BCUT2D eigenvalue weighted by Gasteiger charge is -2.12. The predicted octanol–water partition coefficient (Wildman–Crippen LogP) is 0.343. The van der Waals surface area contributed by atoms with Gasteiger partial charge in [0, 0.05) is 22.7 Å². The molecule has 0 unspecified atom stereocenters. The Kier molecular flexibility index (Phi) is 3.29. The van der Waals surface area contributed by atoms with Crippen molar-refractivity contribution in [2.75, 3.05) is 6.61 Å². The van der Waals surface area contributed by atoms with Gasteiger partial charge in [-0.1, -0.05) is 6.07 Å². The molecule has 4 N–H and O–H groups in total. The number of carboxylic acid groups (broad SMARTS) is 1. The number of rotatable bonds is 4. The normalized spacial score (nSPS) is 12.3. The number of aliphatic hydroxyl groups excluding tert-OH is 1. The minimum Gasteiger partial charge on any atom is -0.480 e. The lowest BCUT2D eigenvalue weighted by atomic mass is 10.1.